The Morgan fingerprint density at radius 1 is 0.312 bits per heavy atom. The first kappa shape index (κ1) is 19.8. The summed E-state index contributed by atoms with van der Waals surface area (Å²) < 4.78 is 0. The van der Waals surface area contributed by atoms with Gasteiger partial charge in [0.15, 0.2) is 0 Å². The third-order valence-electron chi connectivity index (χ3n) is 5.72. The molecule has 0 N–H and O–H groups in total. The lowest BCUT2D eigenvalue weighted by Crippen LogP contribution is -1.99. The van der Waals surface area contributed by atoms with E-state index < -0.39 is 0 Å². The Kier molecular flexibility index (Phi) is 5.76. The topological polar surface area (TPSA) is 0 Å². The Morgan fingerprint density at radius 3 is 1.19 bits per heavy atom. The molecule has 0 aliphatic heterocycles. The van der Waals surface area contributed by atoms with Crippen LogP contribution in [0.2, 0.25) is 0 Å². The van der Waals surface area contributed by atoms with Crippen LogP contribution < -0.4 is 0 Å². The highest BCUT2D eigenvalue weighted by Crippen LogP contribution is 2.40. The summed E-state index contributed by atoms with van der Waals surface area (Å²) in [5, 5.41) is 0. The van der Waals surface area contributed by atoms with E-state index in [1.54, 1.807) is 0 Å². The summed E-state index contributed by atoms with van der Waals surface area (Å²) in [7, 11) is 0. The fourth-order valence-corrected chi connectivity index (χ4v) is 4.27. The number of rotatable bonds is 5. The lowest BCUT2D eigenvalue weighted by Gasteiger charge is -2.20. The quantitative estimate of drug-likeness (QED) is 0.256. The van der Waals surface area contributed by atoms with Gasteiger partial charge in [-0.1, -0.05) is 146 Å². The molecule has 5 aromatic rings. The van der Waals surface area contributed by atoms with Crippen molar-refractivity contribution >= 4 is 11.1 Å². The number of hydrogen-bond acceptors (Lipinski definition) is 0. The summed E-state index contributed by atoms with van der Waals surface area (Å²) in [6.45, 7) is 0. The third-order valence-corrected chi connectivity index (χ3v) is 5.72. The van der Waals surface area contributed by atoms with Crippen molar-refractivity contribution in [3.05, 3.63) is 168 Å². The summed E-state index contributed by atoms with van der Waals surface area (Å²) in [6, 6.07) is 51.6. The zero-order chi connectivity index (χ0) is 21.6. The van der Waals surface area contributed by atoms with Crippen molar-refractivity contribution in [2.24, 2.45) is 0 Å². The Labute approximate surface area is 190 Å². The van der Waals surface area contributed by atoms with E-state index in [9.17, 15) is 0 Å². The van der Waals surface area contributed by atoms with Crippen molar-refractivity contribution in [3.8, 4) is 11.1 Å². The van der Waals surface area contributed by atoms with E-state index in [4.69, 9.17) is 0 Å². The van der Waals surface area contributed by atoms with Gasteiger partial charge in [0.25, 0.3) is 0 Å². The molecule has 152 valence electrons. The standard InChI is InChI=1S/C32H24/c1-5-15-25(16-6-1)29-23-13-14-24-30(29)32(28-21-11-4-12-22-28)31(26-17-7-2-8-18-26)27-19-9-3-10-20-27/h1-24H. The van der Waals surface area contributed by atoms with Crippen molar-refractivity contribution in [2.45, 2.75) is 0 Å². The molecule has 0 aliphatic rings. The highest BCUT2D eigenvalue weighted by molar-refractivity contribution is 6.07. The predicted molar refractivity (Wildman–Crippen MR) is 136 cm³/mol. The molecule has 0 saturated heterocycles. The number of benzene rings is 5. The van der Waals surface area contributed by atoms with Crippen LogP contribution in [-0.2, 0) is 0 Å². The van der Waals surface area contributed by atoms with E-state index in [1.807, 2.05) is 0 Å². The molecule has 0 saturated carbocycles. The van der Waals surface area contributed by atoms with Gasteiger partial charge < -0.3 is 0 Å². The molecule has 5 rings (SSSR count). The maximum Gasteiger partial charge on any atom is -0.00206 e. The molecule has 0 nitrogen and oxygen atoms in total. The first-order valence-electron chi connectivity index (χ1n) is 11.0. The summed E-state index contributed by atoms with van der Waals surface area (Å²) >= 11 is 0. The molecule has 0 heterocycles. The first-order valence-corrected chi connectivity index (χ1v) is 11.0. The van der Waals surface area contributed by atoms with Crippen LogP contribution >= 0.6 is 0 Å². The van der Waals surface area contributed by atoms with Crippen LogP contribution in [0.25, 0.3) is 22.3 Å². The van der Waals surface area contributed by atoms with Gasteiger partial charge >= 0.3 is 0 Å². The zero-order valence-corrected chi connectivity index (χ0v) is 17.9. The first-order chi connectivity index (χ1) is 15.9. The molecule has 0 atom stereocenters. The summed E-state index contributed by atoms with van der Waals surface area (Å²) in [5.41, 5.74) is 9.78. The maximum absolute atomic E-state index is 2.25. The molecule has 32 heavy (non-hydrogen) atoms. The molecule has 0 aliphatic carbocycles. The van der Waals surface area contributed by atoms with E-state index in [2.05, 4.69) is 146 Å². The second kappa shape index (κ2) is 9.32. The van der Waals surface area contributed by atoms with E-state index in [0.29, 0.717) is 0 Å². The monoisotopic (exact) mass is 408 g/mol. The Balaban J connectivity index is 1.90. The van der Waals surface area contributed by atoms with Gasteiger partial charge in [0, 0.05) is 0 Å². The van der Waals surface area contributed by atoms with Gasteiger partial charge in [-0.15, -0.1) is 0 Å². The van der Waals surface area contributed by atoms with Crippen LogP contribution in [0, 0.1) is 0 Å². The van der Waals surface area contributed by atoms with E-state index in [1.165, 1.54) is 44.5 Å². The van der Waals surface area contributed by atoms with Crippen LogP contribution in [-0.4, -0.2) is 0 Å². The van der Waals surface area contributed by atoms with Crippen molar-refractivity contribution in [3.63, 3.8) is 0 Å². The lowest BCUT2D eigenvalue weighted by atomic mass is 9.83. The summed E-state index contributed by atoms with van der Waals surface area (Å²) in [6.07, 6.45) is 0. The lowest BCUT2D eigenvalue weighted by molar-refractivity contribution is 1.49. The Hall–Kier alpha value is -4.16. The van der Waals surface area contributed by atoms with Crippen molar-refractivity contribution < 1.29 is 0 Å². The Bertz CT molecular complexity index is 1270. The number of hydrogen-bond donors (Lipinski definition) is 0. The Morgan fingerprint density at radius 2 is 0.688 bits per heavy atom. The molecular weight excluding hydrogens is 384 g/mol. The van der Waals surface area contributed by atoms with Crippen molar-refractivity contribution in [2.75, 3.05) is 0 Å². The minimum Gasteiger partial charge on any atom is -0.0622 e. The average molecular weight is 409 g/mol. The van der Waals surface area contributed by atoms with E-state index >= 15 is 0 Å². The van der Waals surface area contributed by atoms with Crippen molar-refractivity contribution in [1.82, 2.24) is 0 Å². The molecule has 0 radical (unpaired) electrons. The van der Waals surface area contributed by atoms with Gasteiger partial charge in [0.1, 0.15) is 0 Å². The van der Waals surface area contributed by atoms with E-state index in [-0.39, 0.29) is 0 Å². The molecule has 0 amide bonds. The van der Waals surface area contributed by atoms with Crippen LogP contribution in [0.5, 0.6) is 0 Å². The molecule has 0 unspecified atom stereocenters. The summed E-state index contributed by atoms with van der Waals surface area (Å²) in [5.74, 6) is 0. The largest absolute Gasteiger partial charge is 0.0622 e. The fraction of sp³-hybridized carbons (Fsp3) is 0. The normalized spacial score (nSPS) is 10.5. The minimum absolute atomic E-state index is 1.21. The van der Waals surface area contributed by atoms with Gasteiger partial charge in [-0.2, -0.15) is 0 Å². The smallest absolute Gasteiger partial charge is 0.00206 e. The van der Waals surface area contributed by atoms with Gasteiger partial charge in [0.2, 0.25) is 0 Å². The van der Waals surface area contributed by atoms with E-state index in [0.717, 1.165) is 0 Å². The SMILES string of the molecule is c1ccc(C(=C(c2ccccc2)c2ccccc2-c2ccccc2)c2ccccc2)cc1. The zero-order valence-electron chi connectivity index (χ0n) is 17.9. The molecule has 0 fully saturated rings. The molecule has 0 bridgehead atoms. The minimum atomic E-state index is 1.21. The van der Waals surface area contributed by atoms with Gasteiger partial charge in [-0.3, -0.25) is 0 Å². The molecule has 0 spiro atoms. The fourth-order valence-electron chi connectivity index (χ4n) is 4.27. The maximum atomic E-state index is 2.25. The van der Waals surface area contributed by atoms with Gasteiger partial charge in [-0.25, -0.2) is 0 Å². The molecule has 0 heteroatoms. The highest BCUT2D eigenvalue weighted by Gasteiger charge is 2.18. The second-order valence-electron chi connectivity index (χ2n) is 7.76. The van der Waals surface area contributed by atoms with Gasteiger partial charge in [0.05, 0.1) is 0 Å². The average Bonchev–Trinajstić information content (AvgIpc) is 2.89. The van der Waals surface area contributed by atoms with Crippen LogP contribution in [0.4, 0.5) is 0 Å². The molecule has 0 aromatic heterocycles. The van der Waals surface area contributed by atoms with Crippen LogP contribution in [0.1, 0.15) is 22.3 Å². The van der Waals surface area contributed by atoms with Gasteiger partial charge in [-0.05, 0) is 44.5 Å². The van der Waals surface area contributed by atoms with Crippen LogP contribution in [0.3, 0.4) is 0 Å². The third kappa shape index (κ3) is 4.04. The summed E-state index contributed by atoms with van der Waals surface area (Å²) in [4.78, 5) is 0. The molecular formula is C32H24. The molecule has 5 aromatic carbocycles. The van der Waals surface area contributed by atoms with Crippen molar-refractivity contribution in [1.29, 1.82) is 0 Å². The van der Waals surface area contributed by atoms with Crippen LogP contribution in [0.15, 0.2) is 146 Å². The second-order valence-corrected chi connectivity index (χ2v) is 7.76. The predicted octanol–water partition coefficient (Wildman–Crippen LogP) is 8.36. The highest BCUT2D eigenvalue weighted by atomic mass is 14.2.